The molecule has 0 fully saturated rings. The average molecular weight is 477 g/mol. The van der Waals surface area contributed by atoms with Gasteiger partial charge in [0.2, 0.25) is 5.95 Å². The molecule has 2 amide bonds. The maximum absolute atomic E-state index is 14.2. The van der Waals surface area contributed by atoms with Crippen molar-refractivity contribution in [1.29, 1.82) is 10.5 Å². The molecule has 0 saturated carbocycles. The van der Waals surface area contributed by atoms with E-state index < -0.39 is 23.7 Å². The summed E-state index contributed by atoms with van der Waals surface area (Å²) in [6.07, 6.45) is 2.87. The Kier molecular flexibility index (Phi) is 6.55. The van der Waals surface area contributed by atoms with Gasteiger partial charge in [-0.05, 0) is 30.7 Å². The smallest absolute Gasteiger partial charge is 0.338 e. The zero-order valence-electron chi connectivity index (χ0n) is 18.3. The second-order valence-corrected chi connectivity index (χ2v) is 7.31. The molecular weight excluding hydrogens is 460 g/mol. The van der Waals surface area contributed by atoms with Crippen LogP contribution in [0.5, 0.6) is 0 Å². The maximum atomic E-state index is 14.2. The highest BCUT2D eigenvalue weighted by Crippen LogP contribution is 2.29. The quantitative estimate of drug-likeness (QED) is 0.509. The van der Waals surface area contributed by atoms with Crippen LogP contribution in [0.4, 0.5) is 19.5 Å². The fourth-order valence-electron chi connectivity index (χ4n) is 3.41. The van der Waals surface area contributed by atoms with Crippen molar-refractivity contribution in [3.63, 3.8) is 0 Å². The molecule has 0 bridgehead atoms. The number of rotatable bonds is 6. The first-order valence-corrected chi connectivity index (χ1v) is 10.3. The van der Waals surface area contributed by atoms with Gasteiger partial charge in [-0.3, -0.25) is 0 Å². The van der Waals surface area contributed by atoms with Crippen molar-refractivity contribution in [3.8, 4) is 18.0 Å². The first-order chi connectivity index (χ1) is 16.9. The van der Waals surface area contributed by atoms with Gasteiger partial charge in [0.05, 0.1) is 23.9 Å². The van der Waals surface area contributed by atoms with Crippen molar-refractivity contribution in [1.82, 2.24) is 35.1 Å². The van der Waals surface area contributed by atoms with Crippen LogP contribution in [-0.4, -0.2) is 55.1 Å². The lowest BCUT2D eigenvalue weighted by Crippen LogP contribution is -2.39. The van der Waals surface area contributed by atoms with E-state index in [-0.39, 0.29) is 42.1 Å². The molecule has 3 aromatic rings. The number of urea groups is 1. The number of benzene rings is 1. The van der Waals surface area contributed by atoms with Crippen LogP contribution in [-0.2, 0) is 0 Å². The number of hydrazone groups is 1. The Hall–Kier alpha value is -4.98. The highest BCUT2D eigenvalue weighted by molar-refractivity contribution is 5.78. The Bertz CT molecular complexity index is 1390. The van der Waals surface area contributed by atoms with Gasteiger partial charge in [-0.2, -0.15) is 25.3 Å². The third-order valence-electron chi connectivity index (χ3n) is 4.95. The number of aryl methyl sites for hydroxylation is 1. The van der Waals surface area contributed by atoms with Crippen molar-refractivity contribution >= 4 is 18.2 Å². The Morgan fingerprint density at radius 2 is 2.03 bits per heavy atom. The molecule has 35 heavy (non-hydrogen) atoms. The summed E-state index contributed by atoms with van der Waals surface area (Å²) in [5, 5.41) is 32.6. The number of nitriles is 2. The van der Waals surface area contributed by atoms with E-state index in [9.17, 15) is 13.6 Å². The van der Waals surface area contributed by atoms with Crippen molar-refractivity contribution < 1.29 is 13.6 Å². The molecule has 4 rings (SSSR count). The van der Waals surface area contributed by atoms with E-state index >= 15 is 0 Å². The topological polar surface area (TPSA) is 161 Å². The van der Waals surface area contributed by atoms with Gasteiger partial charge in [-0.15, -0.1) is 5.10 Å². The van der Waals surface area contributed by atoms with E-state index in [0.717, 1.165) is 16.9 Å². The van der Waals surface area contributed by atoms with E-state index in [1.807, 2.05) is 6.07 Å². The van der Waals surface area contributed by atoms with Gasteiger partial charge in [-0.1, -0.05) is 0 Å². The molecule has 14 heteroatoms. The van der Waals surface area contributed by atoms with Gasteiger partial charge in [0, 0.05) is 25.7 Å². The van der Waals surface area contributed by atoms with Crippen molar-refractivity contribution in [3.05, 3.63) is 58.8 Å². The summed E-state index contributed by atoms with van der Waals surface area (Å²) in [6.45, 7) is 1.88. The first kappa shape index (κ1) is 23.2. The van der Waals surface area contributed by atoms with Crippen LogP contribution in [0.2, 0.25) is 0 Å². The molecule has 1 aromatic carbocycles. The lowest BCUT2D eigenvalue weighted by Gasteiger charge is -2.22. The number of carbonyl (C=O) groups excluding carboxylic acids is 1. The van der Waals surface area contributed by atoms with Crippen LogP contribution in [0, 0.1) is 41.2 Å². The van der Waals surface area contributed by atoms with E-state index in [4.69, 9.17) is 10.5 Å². The van der Waals surface area contributed by atoms with E-state index in [0.29, 0.717) is 12.0 Å². The van der Waals surface area contributed by atoms with Crippen LogP contribution in [0.3, 0.4) is 0 Å². The number of nitrogens with zero attached hydrogens (tertiary/aromatic N) is 9. The van der Waals surface area contributed by atoms with Gasteiger partial charge < -0.3 is 10.6 Å². The minimum Gasteiger partial charge on any atom is -0.352 e. The molecule has 176 valence electrons. The largest absolute Gasteiger partial charge is 0.352 e. The SMILES string of the molecule is Cc1nc(C#N)nn1-c1nc(NCCNC(=O)N2N=CC[C@H]2c2cc(F)cc(C#N)c2)ncc1F. The van der Waals surface area contributed by atoms with Crippen LogP contribution in [0.15, 0.2) is 29.5 Å². The summed E-state index contributed by atoms with van der Waals surface area (Å²) in [4.78, 5) is 24.4. The van der Waals surface area contributed by atoms with Gasteiger partial charge in [0.25, 0.3) is 5.82 Å². The molecule has 0 saturated heterocycles. The van der Waals surface area contributed by atoms with E-state index in [1.54, 1.807) is 13.0 Å². The first-order valence-electron chi connectivity index (χ1n) is 10.3. The predicted octanol–water partition coefficient (Wildman–Crippen LogP) is 1.94. The molecule has 12 nitrogen and oxygen atoms in total. The minimum absolute atomic E-state index is 0.0740. The van der Waals surface area contributed by atoms with Gasteiger partial charge in [-0.25, -0.2) is 28.6 Å². The predicted molar refractivity (Wildman–Crippen MR) is 117 cm³/mol. The van der Waals surface area contributed by atoms with Crippen LogP contribution < -0.4 is 10.6 Å². The lowest BCUT2D eigenvalue weighted by molar-refractivity contribution is 0.186. The molecule has 0 spiro atoms. The van der Waals surface area contributed by atoms with Gasteiger partial charge in [0.15, 0.2) is 11.6 Å². The van der Waals surface area contributed by atoms with Gasteiger partial charge in [0.1, 0.15) is 17.7 Å². The molecule has 2 N–H and O–H groups in total. The zero-order chi connectivity index (χ0) is 24.9. The van der Waals surface area contributed by atoms with Crippen molar-refractivity contribution in [2.45, 2.75) is 19.4 Å². The number of anilines is 1. The molecule has 1 atom stereocenters. The number of halogens is 2. The highest BCUT2D eigenvalue weighted by atomic mass is 19.1. The summed E-state index contributed by atoms with van der Waals surface area (Å²) in [7, 11) is 0. The summed E-state index contributed by atoms with van der Waals surface area (Å²) >= 11 is 0. The van der Waals surface area contributed by atoms with Crippen molar-refractivity contribution in [2.24, 2.45) is 5.10 Å². The molecule has 1 aliphatic heterocycles. The summed E-state index contributed by atoms with van der Waals surface area (Å²) in [6, 6.07) is 6.51. The van der Waals surface area contributed by atoms with E-state index in [1.165, 1.54) is 23.4 Å². The summed E-state index contributed by atoms with van der Waals surface area (Å²) < 4.78 is 29.2. The standard InChI is InChI=1S/C21H17F2N11O/c1-12-30-18(10-25)32-33(12)19-16(23)11-28-20(31-19)26-4-5-27-21(35)34-17(2-3-29-34)14-6-13(9-24)7-15(22)8-14/h3,6-8,11,17H,2,4-5H2,1H3,(H,27,35)(H,26,28,31)/t17-/m0/s1. The molecule has 0 radical (unpaired) electrons. The number of hydrogen-bond donors (Lipinski definition) is 2. The highest BCUT2D eigenvalue weighted by Gasteiger charge is 2.28. The fourth-order valence-corrected chi connectivity index (χ4v) is 3.41. The van der Waals surface area contributed by atoms with E-state index in [2.05, 4.69) is 35.8 Å². The molecule has 0 aliphatic carbocycles. The number of aromatic nitrogens is 5. The molecule has 0 unspecified atom stereocenters. The second kappa shape index (κ2) is 9.88. The Balaban J connectivity index is 1.36. The normalized spacial score (nSPS) is 14.4. The van der Waals surface area contributed by atoms with Crippen LogP contribution in [0.1, 0.15) is 35.2 Å². The number of carbonyl (C=O) groups is 1. The zero-order valence-corrected chi connectivity index (χ0v) is 18.3. The molecular formula is C21H17F2N11O. The molecule has 3 heterocycles. The fraction of sp³-hybridized carbons (Fsp3) is 0.238. The van der Waals surface area contributed by atoms with Crippen LogP contribution >= 0.6 is 0 Å². The second-order valence-electron chi connectivity index (χ2n) is 7.31. The van der Waals surface area contributed by atoms with Gasteiger partial charge >= 0.3 is 6.03 Å². The van der Waals surface area contributed by atoms with Crippen LogP contribution in [0.25, 0.3) is 5.82 Å². The number of nitrogens with one attached hydrogen (secondary N) is 2. The Morgan fingerprint density at radius 1 is 1.20 bits per heavy atom. The molecule has 1 aliphatic rings. The van der Waals surface area contributed by atoms with Crippen molar-refractivity contribution in [2.75, 3.05) is 18.4 Å². The minimum atomic E-state index is -0.754. The molecule has 2 aromatic heterocycles. The average Bonchev–Trinajstić information content (AvgIpc) is 3.49. The third kappa shape index (κ3) is 5.01. The summed E-state index contributed by atoms with van der Waals surface area (Å²) in [5.74, 6) is -1.28. The number of hydrogen-bond acceptors (Lipinski definition) is 9. The Labute approximate surface area is 197 Å². The monoisotopic (exact) mass is 477 g/mol. The maximum Gasteiger partial charge on any atom is 0.338 e. The third-order valence-corrected chi connectivity index (χ3v) is 4.95. The summed E-state index contributed by atoms with van der Waals surface area (Å²) in [5.41, 5.74) is 0.614. The Morgan fingerprint density at radius 3 is 2.77 bits per heavy atom. The lowest BCUT2D eigenvalue weighted by atomic mass is 10.0. The number of amides is 2.